The summed E-state index contributed by atoms with van der Waals surface area (Å²) in [6, 6.07) is 12.4. The van der Waals surface area contributed by atoms with Gasteiger partial charge in [-0.2, -0.15) is 0 Å². The van der Waals surface area contributed by atoms with Crippen LogP contribution in [0.5, 0.6) is 5.75 Å². The molecule has 1 amide bonds. The average molecular weight is 429 g/mol. The summed E-state index contributed by atoms with van der Waals surface area (Å²) in [7, 11) is 1.55. The van der Waals surface area contributed by atoms with Gasteiger partial charge in [-0.3, -0.25) is 9.59 Å². The summed E-state index contributed by atoms with van der Waals surface area (Å²) < 4.78 is 5.86. The van der Waals surface area contributed by atoms with E-state index in [-0.39, 0.29) is 16.9 Å². The lowest BCUT2D eigenvalue weighted by Crippen LogP contribution is -2.17. The van der Waals surface area contributed by atoms with E-state index < -0.39 is 0 Å². The van der Waals surface area contributed by atoms with Crippen LogP contribution in [0.15, 0.2) is 51.7 Å². The van der Waals surface area contributed by atoms with Crippen LogP contribution in [-0.2, 0) is 5.41 Å². The Morgan fingerprint density at radius 3 is 2.52 bits per heavy atom. The van der Waals surface area contributed by atoms with Crippen LogP contribution >= 0.6 is 15.9 Å². The lowest BCUT2D eigenvalue weighted by Gasteiger charge is -2.21. The van der Waals surface area contributed by atoms with Crippen molar-refractivity contribution >= 4 is 38.4 Å². The molecule has 0 saturated heterocycles. The Hall–Kier alpha value is -2.60. The number of halogens is 1. The SMILES string of the molecule is COc1ccc(Br)c(C(=O)Nc2ccc3c(C(C)(C)C)cc(=O)[nH]c3c2)c1. The van der Waals surface area contributed by atoms with Crippen molar-refractivity contribution in [1.82, 2.24) is 4.98 Å². The molecule has 0 spiro atoms. The molecule has 3 aromatic rings. The Morgan fingerprint density at radius 2 is 1.85 bits per heavy atom. The van der Waals surface area contributed by atoms with Crippen molar-refractivity contribution in [2.75, 3.05) is 12.4 Å². The van der Waals surface area contributed by atoms with E-state index in [1.807, 2.05) is 12.1 Å². The molecule has 6 heteroatoms. The van der Waals surface area contributed by atoms with E-state index >= 15 is 0 Å². The summed E-state index contributed by atoms with van der Waals surface area (Å²) in [6.45, 7) is 6.20. The van der Waals surface area contributed by atoms with Crippen LogP contribution in [0.1, 0.15) is 36.7 Å². The minimum atomic E-state index is -0.269. The van der Waals surface area contributed by atoms with Gasteiger partial charge in [-0.1, -0.05) is 26.8 Å². The van der Waals surface area contributed by atoms with E-state index in [4.69, 9.17) is 4.74 Å². The van der Waals surface area contributed by atoms with Crippen molar-refractivity contribution in [3.8, 4) is 5.75 Å². The number of anilines is 1. The third-order valence-electron chi connectivity index (χ3n) is 4.33. The standard InChI is InChI=1S/C21H21BrN2O3/c1-21(2,3)16-11-19(25)24-18-9-12(5-7-14(16)18)23-20(26)15-10-13(27-4)6-8-17(15)22/h5-11H,1-4H3,(H,23,26)(H,24,25). The van der Waals surface area contributed by atoms with E-state index in [0.717, 1.165) is 10.9 Å². The fraction of sp³-hybridized carbons (Fsp3) is 0.238. The summed E-state index contributed by atoms with van der Waals surface area (Å²) in [5, 5.41) is 3.83. The van der Waals surface area contributed by atoms with Gasteiger partial charge in [0, 0.05) is 21.6 Å². The fourth-order valence-corrected chi connectivity index (χ4v) is 3.39. The van der Waals surface area contributed by atoms with Crippen LogP contribution in [0.4, 0.5) is 5.69 Å². The van der Waals surface area contributed by atoms with E-state index in [2.05, 4.69) is 47.0 Å². The first-order valence-corrected chi connectivity index (χ1v) is 9.31. The maximum absolute atomic E-state index is 12.7. The van der Waals surface area contributed by atoms with Crippen LogP contribution in [0.25, 0.3) is 10.9 Å². The largest absolute Gasteiger partial charge is 0.497 e. The first-order valence-electron chi connectivity index (χ1n) is 8.51. The zero-order valence-electron chi connectivity index (χ0n) is 15.6. The molecule has 1 heterocycles. The Balaban J connectivity index is 1.99. The van der Waals surface area contributed by atoms with Gasteiger partial charge in [0.15, 0.2) is 0 Å². The van der Waals surface area contributed by atoms with Crippen molar-refractivity contribution in [2.24, 2.45) is 0 Å². The lowest BCUT2D eigenvalue weighted by atomic mass is 9.85. The number of benzene rings is 2. The molecule has 0 unspecified atom stereocenters. The van der Waals surface area contributed by atoms with E-state index in [9.17, 15) is 9.59 Å². The highest BCUT2D eigenvalue weighted by molar-refractivity contribution is 9.10. The van der Waals surface area contributed by atoms with Crippen LogP contribution in [-0.4, -0.2) is 18.0 Å². The predicted octanol–water partition coefficient (Wildman–Crippen LogP) is 4.85. The number of methoxy groups -OCH3 is 1. The van der Waals surface area contributed by atoms with Gasteiger partial charge in [-0.15, -0.1) is 0 Å². The Labute approximate surface area is 165 Å². The van der Waals surface area contributed by atoms with Crippen molar-refractivity contribution in [2.45, 2.75) is 26.2 Å². The number of rotatable bonds is 3. The van der Waals surface area contributed by atoms with Crippen LogP contribution < -0.4 is 15.6 Å². The van der Waals surface area contributed by atoms with E-state index in [1.165, 1.54) is 0 Å². The van der Waals surface area contributed by atoms with Crippen LogP contribution in [0, 0.1) is 0 Å². The van der Waals surface area contributed by atoms with Gasteiger partial charge in [0.25, 0.3) is 5.91 Å². The van der Waals surface area contributed by atoms with Gasteiger partial charge in [0.05, 0.1) is 18.2 Å². The number of hydrogen-bond acceptors (Lipinski definition) is 3. The highest BCUT2D eigenvalue weighted by atomic mass is 79.9. The van der Waals surface area contributed by atoms with Gasteiger partial charge in [-0.05, 0) is 57.2 Å². The summed E-state index contributed by atoms with van der Waals surface area (Å²) in [5.41, 5.74) is 2.40. The quantitative estimate of drug-likeness (QED) is 0.626. The zero-order valence-corrected chi connectivity index (χ0v) is 17.2. The molecule has 140 valence electrons. The number of carbonyl (C=O) groups is 1. The number of ether oxygens (including phenoxy) is 1. The molecular formula is C21H21BrN2O3. The van der Waals surface area contributed by atoms with Crippen LogP contribution in [0.3, 0.4) is 0 Å². The van der Waals surface area contributed by atoms with Crippen molar-refractivity contribution in [1.29, 1.82) is 0 Å². The van der Waals surface area contributed by atoms with E-state index in [1.54, 1.807) is 37.4 Å². The number of nitrogens with one attached hydrogen (secondary N) is 2. The molecule has 0 aliphatic rings. The maximum atomic E-state index is 12.7. The molecular weight excluding hydrogens is 408 g/mol. The average Bonchev–Trinajstić information content (AvgIpc) is 2.60. The van der Waals surface area contributed by atoms with Gasteiger partial charge in [-0.25, -0.2) is 0 Å². The molecule has 1 aromatic heterocycles. The Morgan fingerprint density at radius 1 is 1.11 bits per heavy atom. The second-order valence-corrected chi connectivity index (χ2v) is 8.21. The normalized spacial score (nSPS) is 11.4. The number of aromatic amines is 1. The summed E-state index contributed by atoms with van der Waals surface area (Å²) >= 11 is 3.39. The number of H-pyrrole nitrogens is 1. The van der Waals surface area contributed by atoms with Crippen molar-refractivity contribution < 1.29 is 9.53 Å². The Kier molecular flexibility index (Phi) is 5.11. The second kappa shape index (κ2) is 7.19. The number of fused-ring (bicyclic) bond motifs is 1. The maximum Gasteiger partial charge on any atom is 0.256 e. The molecule has 27 heavy (non-hydrogen) atoms. The number of pyridine rings is 1. The summed E-state index contributed by atoms with van der Waals surface area (Å²) in [5.74, 6) is 0.329. The van der Waals surface area contributed by atoms with Gasteiger partial charge < -0.3 is 15.0 Å². The third kappa shape index (κ3) is 4.06. The molecule has 2 aromatic carbocycles. The van der Waals surface area contributed by atoms with E-state index in [0.29, 0.717) is 27.0 Å². The zero-order chi connectivity index (χ0) is 19.8. The third-order valence-corrected chi connectivity index (χ3v) is 5.02. The van der Waals surface area contributed by atoms with Crippen molar-refractivity contribution in [3.05, 3.63) is 68.4 Å². The molecule has 2 N–H and O–H groups in total. The number of carbonyl (C=O) groups excluding carboxylic acids is 1. The van der Waals surface area contributed by atoms with Gasteiger partial charge >= 0.3 is 0 Å². The molecule has 0 atom stereocenters. The second-order valence-electron chi connectivity index (χ2n) is 7.36. The minimum absolute atomic E-state index is 0.161. The summed E-state index contributed by atoms with van der Waals surface area (Å²) in [6.07, 6.45) is 0. The lowest BCUT2D eigenvalue weighted by molar-refractivity contribution is 0.102. The van der Waals surface area contributed by atoms with Gasteiger partial charge in [0.1, 0.15) is 5.75 Å². The monoisotopic (exact) mass is 428 g/mol. The molecule has 5 nitrogen and oxygen atoms in total. The van der Waals surface area contributed by atoms with Crippen molar-refractivity contribution in [3.63, 3.8) is 0 Å². The topological polar surface area (TPSA) is 71.2 Å². The molecule has 0 radical (unpaired) electrons. The molecule has 0 aliphatic heterocycles. The number of amides is 1. The molecule has 0 saturated carbocycles. The van der Waals surface area contributed by atoms with Crippen LogP contribution in [0.2, 0.25) is 0 Å². The molecule has 3 rings (SSSR count). The first kappa shape index (κ1) is 19.2. The number of hydrogen-bond donors (Lipinski definition) is 2. The highest BCUT2D eigenvalue weighted by Crippen LogP contribution is 2.29. The Bertz CT molecular complexity index is 1080. The minimum Gasteiger partial charge on any atom is -0.497 e. The molecule has 0 bridgehead atoms. The first-order chi connectivity index (χ1) is 12.7. The predicted molar refractivity (Wildman–Crippen MR) is 112 cm³/mol. The number of aromatic nitrogens is 1. The molecule has 0 fully saturated rings. The highest BCUT2D eigenvalue weighted by Gasteiger charge is 2.18. The molecule has 0 aliphatic carbocycles. The van der Waals surface area contributed by atoms with Gasteiger partial charge in [0.2, 0.25) is 5.56 Å². The fourth-order valence-electron chi connectivity index (χ4n) is 2.96. The smallest absolute Gasteiger partial charge is 0.256 e. The summed E-state index contributed by atoms with van der Waals surface area (Å²) in [4.78, 5) is 27.6.